The number of amides is 2. The molecule has 2 aromatic heterocycles. The van der Waals surface area contributed by atoms with Gasteiger partial charge in [0.05, 0.1) is 16.9 Å². The quantitative estimate of drug-likeness (QED) is 0.533. The predicted octanol–water partition coefficient (Wildman–Crippen LogP) is 2.12. The molecule has 4 rings (SSSR count). The molecule has 7 nitrogen and oxygen atoms in total. The molecule has 0 saturated carbocycles. The van der Waals surface area contributed by atoms with Crippen molar-refractivity contribution in [3.63, 3.8) is 0 Å². The number of aromatic nitrogens is 2. The van der Waals surface area contributed by atoms with E-state index in [-0.39, 0.29) is 17.2 Å². The maximum atomic E-state index is 12.4. The van der Waals surface area contributed by atoms with Crippen LogP contribution in [-0.2, 0) is 29.9 Å². The Morgan fingerprint density at radius 2 is 2.17 bits per heavy atom. The number of aryl methyl sites for hydroxylation is 2. The molecule has 0 spiro atoms. The Morgan fingerprint density at radius 1 is 1.31 bits per heavy atom. The normalized spacial score (nSPS) is 12.8. The van der Waals surface area contributed by atoms with Crippen LogP contribution in [0.5, 0.6) is 0 Å². The van der Waals surface area contributed by atoms with E-state index < -0.39 is 5.91 Å². The van der Waals surface area contributed by atoms with Crippen LogP contribution in [0.1, 0.15) is 38.6 Å². The highest BCUT2D eigenvalue weighted by molar-refractivity contribution is 7.99. The lowest BCUT2D eigenvalue weighted by molar-refractivity contribution is -0.118. The first-order valence-corrected chi connectivity index (χ1v) is 11.2. The lowest BCUT2D eigenvalue weighted by atomic mass is 10.1. The summed E-state index contributed by atoms with van der Waals surface area (Å²) in [6, 6.07) is 6.85. The first kappa shape index (κ1) is 19.7. The highest BCUT2D eigenvalue weighted by Crippen LogP contribution is 2.34. The number of fused-ring (bicyclic) bond motifs is 3. The fraction of sp³-hybridized carbons (Fsp3) is 0.300. The summed E-state index contributed by atoms with van der Waals surface area (Å²) >= 11 is 3.00. The lowest BCUT2D eigenvalue weighted by Crippen LogP contribution is -2.25. The number of rotatable bonds is 7. The Bertz CT molecular complexity index is 1150. The van der Waals surface area contributed by atoms with Crippen molar-refractivity contribution in [2.24, 2.45) is 5.73 Å². The van der Waals surface area contributed by atoms with Gasteiger partial charge in [-0.2, -0.15) is 0 Å². The second kappa shape index (κ2) is 8.38. The molecule has 0 aliphatic heterocycles. The number of thiophene rings is 1. The molecule has 4 N–H and O–H groups in total. The van der Waals surface area contributed by atoms with E-state index in [4.69, 9.17) is 5.73 Å². The number of thioether (sulfide) groups is 1. The number of benzene rings is 1. The van der Waals surface area contributed by atoms with E-state index in [2.05, 4.69) is 15.3 Å². The smallest absolute Gasteiger partial charge is 0.259 e. The minimum atomic E-state index is -0.497. The van der Waals surface area contributed by atoms with Crippen molar-refractivity contribution in [2.75, 3.05) is 5.75 Å². The molecular weight excluding hydrogens is 408 g/mol. The van der Waals surface area contributed by atoms with E-state index >= 15 is 0 Å². The number of nitrogens with two attached hydrogens (primary N) is 1. The zero-order valence-corrected chi connectivity index (χ0v) is 17.3. The summed E-state index contributed by atoms with van der Waals surface area (Å²) in [7, 11) is 0. The molecule has 2 amide bonds. The van der Waals surface area contributed by atoms with Gasteiger partial charge >= 0.3 is 0 Å². The number of hydrogen-bond donors (Lipinski definition) is 3. The number of nitrogens with zero attached hydrogens (tertiary/aromatic N) is 1. The first-order valence-electron chi connectivity index (χ1n) is 9.28. The van der Waals surface area contributed by atoms with E-state index in [1.165, 1.54) is 16.6 Å². The average Bonchev–Trinajstić information content (AvgIpc) is 3.27. The van der Waals surface area contributed by atoms with Crippen molar-refractivity contribution < 1.29 is 9.59 Å². The van der Waals surface area contributed by atoms with E-state index in [0.29, 0.717) is 23.7 Å². The van der Waals surface area contributed by atoms with Gasteiger partial charge in [0, 0.05) is 17.0 Å². The lowest BCUT2D eigenvalue weighted by Gasteiger charge is -2.06. The third-order valence-electron chi connectivity index (χ3n) is 4.80. The number of carbonyl (C=O) groups excluding carboxylic acids is 2. The summed E-state index contributed by atoms with van der Waals surface area (Å²) in [5.41, 5.74) is 7.57. The van der Waals surface area contributed by atoms with Crippen molar-refractivity contribution in [2.45, 2.75) is 31.6 Å². The summed E-state index contributed by atoms with van der Waals surface area (Å²) in [6.07, 6.45) is 3.09. The number of carbonyl (C=O) groups is 2. The topological polar surface area (TPSA) is 118 Å². The van der Waals surface area contributed by atoms with E-state index in [1.54, 1.807) is 29.5 Å². The Hall–Kier alpha value is -2.65. The fourth-order valence-corrected chi connectivity index (χ4v) is 5.44. The van der Waals surface area contributed by atoms with Crippen molar-refractivity contribution in [1.82, 2.24) is 15.3 Å². The number of nitrogens with one attached hydrogen (secondary N) is 2. The van der Waals surface area contributed by atoms with Crippen LogP contribution < -0.4 is 16.6 Å². The Kier molecular flexibility index (Phi) is 5.68. The van der Waals surface area contributed by atoms with Gasteiger partial charge in [-0.15, -0.1) is 23.1 Å². The molecule has 0 unspecified atom stereocenters. The third-order valence-corrected chi connectivity index (χ3v) is 6.93. The summed E-state index contributed by atoms with van der Waals surface area (Å²) < 4.78 is 0. The molecule has 1 aromatic carbocycles. The monoisotopic (exact) mass is 428 g/mol. The number of aromatic amines is 1. The van der Waals surface area contributed by atoms with Gasteiger partial charge in [-0.3, -0.25) is 14.4 Å². The highest BCUT2D eigenvalue weighted by atomic mass is 32.2. The molecule has 9 heteroatoms. The molecule has 1 aliphatic rings. The van der Waals surface area contributed by atoms with Crippen LogP contribution in [0.4, 0.5) is 0 Å². The Balaban J connectivity index is 1.31. The molecule has 3 aromatic rings. The van der Waals surface area contributed by atoms with Gasteiger partial charge in [0.1, 0.15) is 10.7 Å². The van der Waals surface area contributed by atoms with E-state index in [9.17, 15) is 14.4 Å². The molecule has 0 atom stereocenters. The number of H-pyrrole nitrogens is 1. The van der Waals surface area contributed by atoms with Gasteiger partial charge in [-0.1, -0.05) is 12.1 Å². The molecule has 0 fully saturated rings. The highest BCUT2D eigenvalue weighted by Gasteiger charge is 2.21. The third kappa shape index (κ3) is 4.35. The number of primary amides is 1. The summed E-state index contributed by atoms with van der Waals surface area (Å²) in [5.74, 6) is 0.673. The summed E-state index contributed by atoms with van der Waals surface area (Å²) in [4.78, 5) is 45.3. The van der Waals surface area contributed by atoms with Gasteiger partial charge in [0.25, 0.3) is 5.56 Å². The van der Waals surface area contributed by atoms with Crippen LogP contribution in [0.15, 0.2) is 29.1 Å². The second-order valence-electron chi connectivity index (χ2n) is 6.88. The van der Waals surface area contributed by atoms with E-state index in [0.717, 1.165) is 40.6 Å². The zero-order chi connectivity index (χ0) is 20.4. The molecular formula is C20H20N4O3S2. The molecule has 0 bridgehead atoms. The van der Waals surface area contributed by atoms with Crippen LogP contribution in [0.25, 0.3) is 10.2 Å². The molecule has 29 heavy (non-hydrogen) atoms. The minimum Gasteiger partial charge on any atom is -0.366 e. The molecule has 0 radical (unpaired) electrons. The fourth-order valence-electron chi connectivity index (χ4n) is 3.44. The first-order chi connectivity index (χ1) is 14.0. The van der Waals surface area contributed by atoms with Crippen LogP contribution in [0, 0.1) is 0 Å². The van der Waals surface area contributed by atoms with Crippen molar-refractivity contribution in [1.29, 1.82) is 0 Å². The summed E-state index contributed by atoms with van der Waals surface area (Å²) in [5, 5.41) is 3.56. The molecule has 2 heterocycles. The van der Waals surface area contributed by atoms with Gasteiger partial charge in [0.15, 0.2) is 0 Å². The largest absolute Gasteiger partial charge is 0.366 e. The van der Waals surface area contributed by atoms with Gasteiger partial charge in [-0.25, -0.2) is 4.98 Å². The maximum Gasteiger partial charge on any atom is 0.259 e. The van der Waals surface area contributed by atoms with Crippen LogP contribution >= 0.6 is 23.1 Å². The average molecular weight is 429 g/mol. The molecule has 1 aliphatic carbocycles. The molecule has 150 valence electrons. The predicted molar refractivity (Wildman–Crippen MR) is 115 cm³/mol. The van der Waals surface area contributed by atoms with Crippen molar-refractivity contribution in [3.8, 4) is 0 Å². The van der Waals surface area contributed by atoms with Gasteiger partial charge in [0.2, 0.25) is 11.8 Å². The van der Waals surface area contributed by atoms with Crippen LogP contribution in [0.2, 0.25) is 0 Å². The Labute approximate surface area is 175 Å². The molecule has 0 saturated heterocycles. The number of hydrogen-bond acceptors (Lipinski definition) is 6. The second-order valence-corrected chi connectivity index (χ2v) is 8.95. The maximum absolute atomic E-state index is 12.4. The van der Waals surface area contributed by atoms with Crippen LogP contribution in [0.3, 0.4) is 0 Å². The summed E-state index contributed by atoms with van der Waals surface area (Å²) in [6.45, 7) is 0.322. The van der Waals surface area contributed by atoms with Crippen molar-refractivity contribution in [3.05, 3.63) is 62.0 Å². The minimum absolute atomic E-state index is 0.0798. The van der Waals surface area contributed by atoms with Crippen LogP contribution in [-0.4, -0.2) is 27.5 Å². The zero-order valence-electron chi connectivity index (χ0n) is 15.6. The van der Waals surface area contributed by atoms with E-state index in [1.807, 2.05) is 6.07 Å². The SMILES string of the molecule is NC(=O)c1cccc(CNC(=O)CSCc2nc3sc4c(c3c(=O)[nH]2)CCC4)c1. The van der Waals surface area contributed by atoms with Crippen molar-refractivity contribution >= 4 is 45.1 Å². The Morgan fingerprint density at radius 3 is 3.00 bits per heavy atom. The van der Waals surface area contributed by atoms with Gasteiger partial charge < -0.3 is 16.0 Å². The van der Waals surface area contributed by atoms with Gasteiger partial charge in [-0.05, 0) is 42.5 Å². The standard InChI is InChI=1S/C20H20N4O3S2/c21-18(26)12-4-1-3-11(7-12)8-22-16(25)10-28-9-15-23-19(27)17-13-5-2-6-14(13)29-20(17)24-15/h1,3-4,7H,2,5-6,8-10H2,(H2,21,26)(H,22,25)(H,23,24,27).